The van der Waals surface area contributed by atoms with Crippen molar-refractivity contribution in [3.05, 3.63) is 95.1 Å². The monoisotopic (exact) mass is 397 g/mol. The molecule has 0 radical (unpaired) electrons. The summed E-state index contributed by atoms with van der Waals surface area (Å²) in [5, 5.41) is 16.7. The lowest BCUT2D eigenvalue weighted by Crippen LogP contribution is -2.20. The first-order chi connectivity index (χ1) is 13.3. The standard InChI is InChI=1S/C22H23NO4S/c1-15-8-13-20(28(23,25)26)19(14-15)21(16-9-11-18(27-2)12-10-16)22(24)17-6-4-3-5-7-17/h3-14,21-22,24H,1-2H3,(H2,23,25,26)/t21-,22-/m1/s1. The molecule has 146 valence electrons. The summed E-state index contributed by atoms with van der Waals surface area (Å²) in [5.41, 5.74) is 2.78. The zero-order valence-electron chi connectivity index (χ0n) is 15.7. The normalized spacial score (nSPS) is 13.7. The summed E-state index contributed by atoms with van der Waals surface area (Å²) >= 11 is 0. The van der Waals surface area contributed by atoms with E-state index in [1.807, 2.05) is 49.4 Å². The Morgan fingerprint density at radius 2 is 1.57 bits per heavy atom. The number of aliphatic hydroxyl groups is 1. The number of hydrogen-bond donors (Lipinski definition) is 2. The summed E-state index contributed by atoms with van der Waals surface area (Å²) in [6.07, 6.45) is -0.961. The molecule has 0 saturated heterocycles. The lowest BCUT2D eigenvalue weighted by Gasteiger charge is -2.26. The van der Waals surface area contributed by atoms with Crippen molar-refractivity contribution >= 4 is 10.0 Å². The summed E-state index contributed by atoms with van der Waals surface area (Å²) in [5.74, 6) is 0.0501. The van der Waals surface area contributed by atoms with Gasteiger partial charge in [0.25, 0.3) is 0 Å². The minimum absolute atomic E-state index is 0.00824. The quantitative estimate of drug-likeness (QED) is 0.666. The van der Waals surface area contributed by atoms with Crippen LogP contribution in [0, 0.1) is 6.92 Å². The molecule has 0 unspecified atom stereocenters. The summed E-state index contributed by atoms with van der Waals surface area (Å²) < 4.78 is 29.7. The number of rotatable bonds is 6. The Morgan fingerprint density at radius 3 is 2.14 bits per heavy atom. The summed E-state index contributed by atoms with van der Waals surface area (Å²) in [6.45, 7) is 1.87. The fourth-order valence-corrected chi connectivity index (χ4v) is 4.13. The van der Waals surface area contributed by atoms with Crippen LogP contribution >= 0.6 is 0 Å². The topological polar surface area (TPSA) is 89.6 Å². The highest BCUT2D eigenvalue weighted by Gasteiger charge is 2.29. The third-order valence-corrected chi connectivity index (χ3v) is 5.72. The smallest absolute Gasteiger partial charge is 0.238 e. The summed E-state index contributed by atoms with van der Waals surface area (Å²) in [6, 6.07) is 21.3. The van der Waals surface area contributed by atoms with Crippen LogP contribution in [-0.4, -0.2) is 20.6 Å². The van der Waals surface area contributed by atoms with Crippen LogP contribution in [0.15, 0.2) is 77.7 Å². The zero-order chi connectivity index (χ0) is 20.3. The maximum Gasteiger partial charge on any atom is 0.238 e. The van der Waals surface area contributed by atoms with Gasteiger partial charge in [-0.25, -0.2) is 13.6 Å². The Morgan fingerprint density at radius 1 is 0.929 bits per heavy atom. The van der Waals surface area contributed by atoms with Gasteiger partial charge in [-0.3, -0.25) is 0 Å². The number of primary sulfonamides is 1. The second-order valence-corrected chi connectivity index (χ2v) is 8.22. The number of methoxy groups -OCH3 is 1. The molecule has 0 spiro atoms. The fourth-order valence-electron chi connectivity index (χ4n) is 3.36. The van der Waals surface area contributed by atoms with Gasteiger partial charge in [-0.1, -0.05) is 60.2 Å². The Labute approximate surface area is 165 Å². The summed E-state index contributed by atoms with van der Waals surface area (Å²) in [7, 11) is -2.39. The molecule has 3 aromatic carbocycles. The predicted octanol–water partition coefficient (Wildman–Crippen LogP) is 3.52. The highest BCUT2D eigenvalue weighted by atomic mass is 32.2. The average Bonchev–Trinajstić information content (AvgIpc) is 2.68. The van der Waals surface area contributed by atoms with Gasteiger partial charge in [0, 0.05) is 5.92 Å². The molecular weight excluding hydrogens is 374 g/mol. The van der Waals surface area contributed by atoms with Crippen molar-refractivity contribution in [2.45, 2.75) is 23.8 Å². The molecule has 0 aromatic heterocycles. The van der Waals surface area contributed by atoms with Crippen molar-refractivity contribution in [1.82, 2.24) is 0 Å². The fraction of sp³-hybridized carbons (Fsp3) is 0.182. The van der Waals surface area contributed by atoms with Crippen molar-refractivity contribution in [3.8, 4) is 5.75 Å². The molecule has 3 N–H and O–H groups in total. The van der Waals surface area contributed by atoms with E-state index in [2.05, 4.69) is 0 Å². The molecule has 0 aliphatic heterocycles. The predicted molar refractivity (Wildman–Crippen MR) is 109 cm³/mol. The molecule has 0 saturated carbocycles. The number of benzene rings is 3. The Bertz CT molecular complexity index is 1050. The lowest BCUT2D eigenvalue weighted by atomic mass is 9.83. The largest absolute Gasteiger partial charge is 0.497 e. The molecule has 3 aromatic rings. The first kappa shape index (κ1) is 20.1. The van der Waals surface area contributed by atoms with Gasteiger partial charge < -0.3 is 9.84 Å². The van der Waals surface area contributed by atoms with Gasteiger partial charge in [-0.15, -0.1) is 0 Å². The molecule has 5 nitrogen and oxygen atoms in total. The minimum atomic E-state index is -3.97. The number of ether oxygens (including phenoxy) is 1. The lowest BCUT2D eigenvalue weighted by molar-refractivity contribution is 0.158. The third-order valence-electron chi connectivity index (χ3n) is 4.74. The second-order valence-electron chi connectivity index (χ2n) is 6.69. The van der Waals surface area contributed by atoms with E-state index in [-0.39, 0.29) is 4.90 Å². The van der Waals surface area contributed by atoms with Crippen LogP contribution in [-0.2, 0) is 10.0 Å². The van der Waals surface area contributed by atoms with Gasteiger partial charge >= 0.3 is 0 Å². The molecule has 0 aliphatic rings. The van der Waals surface area contributed by atoms with Crippen LogP contribution in [0.3, 0.4) is 0 Å². The van der Waals surface area contributed by atoms with Crippen molar-refractivity contribution in [2.24, 2.45) is 5.14 Å². The van der Waals surface area contributed by atoms with Crippen LogP contribution in [0.4, 0.5) is 0 Å². The molecule has 0 bridgehead atoms. The van der Waals surface area contributed by atoms with Crippen LogP contribution < -0.4 is 9.88 Å². The van der Waals surface area contributed by atoms with Gasteiger partial charge in [0.05, 0.1) is 18.1 Å². The van der Waals surface area contributed by atoms with Crippen LogP contribution in [0.2, 0.25) is 0 Å². The van der Waals surface area contributed by atoms with Gasteiger partial charge in [0.2, 0.25) is 10.0 Å². The molecule has 0 amide bonds. The van der Waals surface area contributed by atoms with E-state index in [0.717, 1.165) is 11.1 Å². The van der Waals surface area contributed by atoms with Crippen molar-refractivity contribution in [3.63, 3.8) is 0 Å². The summed E-state index contributed by atoms with van der Waals surface area (Å²) in [4.78, 5) is 0.00824. The maximum atomic E-state index is 12.2. The molecule has 6 heteroatoms. The van der Waals surface area contributed by atoms with Gasteiger partial charge in [0.1, 0.15) is 5.75 Å². The van der Waals surface area contributed by atoms with Crippen molar-refractivity contribution in [2.75, 3.05) is 7.11 Å². The third kappa shape index (κ3) is 4.25. The van der Waals surface area contributed by atoms with E-state index in [0.29, 0.717) is 16.9 Å². The van der Waals surface area contributed by atoms with Crippen LogP contribution in [0.25, 0.3) is 0 Å². The molecule has 28 heavy (non-hydrogen) atoms. The molecular formula is C22H23NO4S. The first-order valence-corrected chi connectivity index (χ1v) is 10.4. The molecule has 2 atom stereocenters. The molecule has 0 aliphatic carbocycles. The van der Waals surface area contributed by atoms with Gasteiger partial charge in [-0.05, 0) is 41.8 Å². The van der Waals surface area contributed by atoms with E-state index in [4.69, 9.17) is 9.88 Å². The number of aliphatic hydroxyl groups excluding tert-OH is 1. The zero-order valence-corrected chi connectivity index (χ0v) is 16.6. The Hall–Kier alpha value is -2.67. The second kappa shape index (κ2) is 8.14. The highest BCUT2D eigenvalue weighted by Crippen LogP contribution is 2.40. The van der Waals surface area contributed by atoms with Crippen LogP contribution in [0.5, 0.6) is 5.75 Å². The highest BCUT2D eigenvalue weighted by molar-refractivity contribution is 7.89. The van der Waals surface area contributed by atoms with Crippen molar-refractivity contribution < 1.29 is 18.3 Å². The molecule has 0 heterocycles. The maximum absolute atomic E-state index is 12.2. The number of nitrogens with two attached hydrogens (primary N) is 1. The molecule has 0 fully saturated rings. The first-order valence-electron chi connectivity index (χ1n) is 8.81. The van der Waals surface area contributed by atoms with Gasteiger partial charge in [-0.2, -0.15) is 0 Å². The number of hydrogen-bond acceptors (Lipinski definition) is 4. The number of aryl methyl sites for hydroxylation is 1. The van der Waals surface area contributed by atoms with E-state index in [1.54, 1.807) is 31.4 Å². The van der Waals surface area contributed by atoms with Gasteiger partial charge in [0.15, 0.2) is 0 Å². The van der Waals surface area contributed by atoms with E-state index < -0.39 is 22.0 Å². The van der Waals surface area contributed by atoms with E-state index in [9.17, 15) is 13.5 Å². The van der Waals surface area contributed by atoms with Crippen LogP contribution in [0.1, 0.15) is 34.3 Å². The Balaban J connectivity index is 2.23. The number of sulfonamides is 1. The minimum Gasteiger partial charge on any atom is -0.497 e. The average molecular weight is 397 g/mol. The van der Waals surface area contributed by atoms with E-state index >= 15 is 0 Å². The Kier molecular flexibility index (Phi) is 5.84. The van der Waals surface area contributed by atoms with E-state index in [1.165, 1.54) is 6.07 Å². The molecule has 3 rings (SSSR count). The van der Waals surface area contributed by atoms with Crippen molar-refractivity contribution in [1.29, 1.82) is 0 Å². The SMILES string of the molecule is COc1ccc([C@H](c2cc(C)ccc2S(N)(=O)=O)[C@H](O)c2ccccc2)cc1.